The molecule has 1 aromatic heterocycles. The number of fused-ring (bicyclic) bond motifs is 1. The fraction of sp³-hybridized carbons (Fsp3) is 0.667. The van der Waals surface area contributed by atoms with E-state index in [9.17, 15) is 9.59 Å². The van der Waals surface area contributed by atoms with Gasteiger partial charge in [-0.2, -0.15) is 0 Å². The van der Waals surface area contributed by atoms with Gasteiger partial charge in [-0.05, 0) is 43.2 Å². The van der Waals surface area contributed by atoms with Crippen molar-refractivity contribution in [1.82, 2.24) is 15.1 Å². The number of urea groups is 1. The lowest BCUT2D eigenvalue weighted by Crippen LogP contribution is -2.48. The van der Waals surface area contributed by atoms with Crippen LogP contribution in [0, 0.1) is 0 Å². The maximum atomic E-state index is 13.0. The second-order valence-corrected chi connectivity index (χ2v) is 8.34. The molecule has 130 valence electrons. The van der Waals surface area contributed by atoms with E-state index in [1.54, 1.807) is 0 Å². The number of hydrogen-bond donors (Lipinski definition) is 1. The summed E-state index contributed by atoms with van der Waals surface area (Å²) in [4.78, 5) is 30.7. The van der Waals surface area contributed by atoms with Crippen LogP contribution < -0.4 is 5.32 Å². The van der Waals surface area contributed by atoms with Gasteiger partial charge in [0.05, 0.1) is 6.67 Å². The molecule has 1 saturated heterocycles. The van der Waals surface area contributed by atoms with E-state index in [0.29, 0.717) is 6.67 Å². The first kappa shape index (κ1) is 16.1. The molecular weight excluding hydrogens is 322 g/mol. The van der Waals surface area contributed by atoms with E-state index in [4.69, 9.17) is 0 Å². The molecule has 2 aliphatic heterocycles. The summed E-state index contributed by atoms with van der Waals surface area (Å²) in [6.07, 6.45) is 6.96. The number of amides is 3. The quantitative estimate of drug-likeness (QED) is 0.836. The summed E-state index contributed by atoms with van der Waals surface area (Å²) in [5, 5.41) is 5.18. The molecule has 3 amide bonds. The zero-order valence-electron chi connectivity index (χ0n) is 14.2. The van der Waals surface area contributed by atoms with Gasteiger partial charge in [-0.3, -0.25) is 9.69 Å². The largest absolute Gasteiger partial charge is 0.326 e. The van der Waals surface area contributed by atoms with Gasteiger partial charge < -0.3 is 5.32 Å². The highest BCUT2D eigenvalue weighted by Crippen LogP contribution is 2.35. The van der Waals surface area contributed by atoms with Crippen LogP contribution in [0.3, 0.4) is 0 Å². The number of carbonyl (C=O) groups excluding carboxylic acids is 2. The van der Waals surface area contributed by atoms with Crippen LogP contribution in [0.4, 0.5) is 4.79 Å². The molecule has 1 N–H and O–H groups in total. The Morgan fingerprint density at radius 2 is 2.00 bits per heavy atom. The smallest absolute Gasteiger partial charge is 0.323 e. The summed E-state index contributed by atoms with van der Waals surface area (Å²) < 4.78 is 0. The first-order valence-corrected chi connectivity index (χ1v) is 9.93. The maximum absolute atomic E-state index is 13.0. The van der Waals surface area contributed by atoms with Gasteiger partial charge in [0, 0.05) is 17.5 Å². The van der Waals surface area contributed by atoms with Crippen LogP contribution in [0.1, 0.15) is 61.9 Å². The number of carbonyl (C=O) groups is 2. The van der Waals surface area contributed by atoms with Crippen LogP contribution in [0.15, 0.2) is 11.4 Å². The van der Waals surface area contributed by atoms with E-state index in [1.165, 1.54) is 15.3 Å². The fourth-order valence-corrected chi connectivity index (χ4v) is 5.37. The molecule has 1 spiro atoms. The van der Waals surface area contributed by atoms with E-state index >= 15 is 0 Å². The first-order valence-electron chi connectivity index (χ1n) is 9.05. The molecular formula is C18H25N3O2S. The number of thiophene rings is 1. The van der Waals surface area contributed by atoms with Crippen molar-refractivity contribution in [3.63, 3.8) is 0 Å². The second-order valence-electron chi connectivity index (χ2n) is 7.34. The molecule has 1 aliphatic carbocycles. The monoisotopic (exact) mass is 347 g/mol. The molecule has 1 atom stereocenters. The van der Waals surface area contributed by atoms with Gasteiger partial charge in [0.2, 0.25) is 0 Å². The van der Waals surface area contributed by atoms with Crippen molar-refractivity contribution >= 4 is 23.3 Å². The minimum absolute atomic E-state index is 0.00212. The van der Waals surface area contributed by atoms with Crippen molar-refractivity contribution in [1.29, 1.82) is 0 Å². The van der Waals surface area contributed by atoms with Crippen molar-refractivity contribution < 1.29 is 9.59 Å². The van der Waals surface area contributed by atoms with Gasteiger partial charge in [-0.15, -0.1) is 11.3 Å². The van der Waals surface area contributed by atoms with Crippen LogP contribution in [0.5, 0.6) is 0 Å². The topological polar surface area (TPSA) is 52.6 Å². The molecule has 0 bridgehead atoms. The number of nitrogens with one attached hydrogen (secondary N) is 1. The van der Waals surface area contributed by atoms with Gasteiger partial charge in [0.25, 0.3) is 5.91 Å². The van der Waals surface area contributed by atoms with Gasteiger partial charge in [0.1, 0.15) is 5.54 Å². The number of nitrogens with zero attached hydrogens (tertiary/aromatic N) is 2. The van der Waals surface area contributed by atoms with E-state index in [2.05, 4.69) is 28.6 Å². The molecule has 4 rings (SSSR count). The van der Waals surface area contributed by atoms with E-state index in [1.807, 2.05) is 11.3 Å². The zero-order chi connectivity index (χ0) is 16.7. The van der Waals surface area contributed by atoms with E-state index in [0.717, 1.165) is 51.5 Å². The summed E-state index contributed by atoms with van der Waals surface area (Å²) in [5.41, 5.74) is 0.725. The third-order valence-corrected chi connectivity index (χ3v) is 6.93. The van der Waals surface area contributed by atoms with Crippen LogP contribution >= 0.6 is 11.3 Å². The summed E-state index contributed by atoms with van der Waals surface area (Å²) in [7, 11) is 0. The number of rotatable bonds is 2. The lowest BCUT2D eigenvalue weighted by atomic mass is 9.90. The van der Waals surface area contributed by atoms with Crippen LogP contribution in [-0.4, -0.2) is 40.5 Å². The Bertz CT molecular complexity index is 648. The van der Waals surface area contributed by atoms with Gasteiger partial charge in [-0.1, -0.05) is 25.7 Å². The lowest BCUT2D eigenvalue weighted by molar-refractivity contribution is -0.133. The van der Waals surface area contributed by atoms with Crippen LogP contribution in [0.2, 0.25) is 0 Å². The summed E-state index contributed by atoms with van der Waals surface area (Å²) in [6, 6.07) is 2.23. The van der Waals surface area contributed by atoms with Crippen LogP contribution in [-0.2, 0) is 11.2 Å². The van der Waals surface area contributed by atoms with Crippen molar-refractivity contribution in [2.45, 2.75) is 63.5 Å². The van der Waals surface area contributed by atoms with Crippen LogP contribution in [0.25, 0.3) is 0 Å². The highest BCUT2D eigenvalue weighted by molar-refractivity contribution is 7.10. The molecule has 1 saturated carbocycles. The molecule has 5 nitrogen and oxygen atoms in total. The Hall–Kier alpha value is -1.40. The van der Waals surface area contributed by atoms with E-state index in [-0.39, 0.29) is 18.0 Å². The molecule has 3 aliphatic rings. The Labute approximate surface area is 147 Å². The molecule has 2 fully saturated rings. The molecule has 0 radical (unpaired) electrons. The van der Waals surface area contributed by atoms with E-state index < -0.39 is 5.54 Å². The first-order chi connectivity index (χ1) is 11.6. The number of hydrogen-bond acceptors (Lipinski definition) is 4. The highest BCUT2D eigenvalue weighted by atomic mass is 32.1. The lowest BCUT2D eigenvalue weighted by Gasteiger charge is -2.35. The molecule has 1 aromatic rings. The summed E-state index contributed by atoms with van der Waals surface area (Å²) >= 11 is 1.81. The molecule has 24 heavy (non-hydrogen) atoms. The van der Waals surface area contributed by atoms with Crippen molar-refractivity contribution in [3.8, 4) is 0 Å². The van der Waals surface area contributed by atoms with Crippen molar-refractivity contribution in [3.05, 3.63) is 21.9 Å². The third kappa shape index (κ3) is 2.56. The highest BCUT2D eigenvalue weighted by Gasteiger charge is 2.51. The van der Waals surface area contributed by atoms with Gasteiger partial charge in [0.15, 0.2) is 0 Å². The molecule has 0 unspecified atom stereocenters. The predicted octanol–water partition coefficient (Wildman–Crippen LogP) is 3.27. The normalized spacial score (nSPS) is 27.2. The van der Waals surface area contributed by atoms with Gasteiger partial charge in [-0.25, -0.2) is 9.69 Å². The second kappa shape index (κ2) is 6.15. The summed E-state index contributed by atoms with van der Waals surface area (Å²) in [5.74, 6) is -0.00212. The SMILES string of the molecule is C[C@H]1c2ccsc2CCN1CN1C(=O)NC2(CCCCCC2)C1=O. The maximum Gasteiger partial charge on any atom is 0.326 e. The minimum Gasteiger partial charge on any atom is -0.323 e. The number of imide groups is 1. The predicted molar refractivity (Wildman–Crippen MR) is 93.8 cm³/mol. The fourth-order valence-electron chi connectivity index (χ4n) is 4.41. The average Bonchev–Trinajstić information content (AvgIpc) is 3.03. The van der Waals surface area contributed by atoms with Gasteiger partial charge >= 0.3 is 6.03 Å². The molecule has 6 heteroatoms. The minimum atomic E-state index is -0.625. The Morgan fingerprint density at radius 3 is 2.75 bits per heavy atom. The third-order valence-electron chi connectivity index (χ3n) is 5.93. The zero-order valence-corrected chi connectivity index (χ0v) is 15.0. The van der Waals surface area contributed by atoms with Crippen molar-refractivity contribution in [2.24, 2.45) is 0 Å². The Kier molecular flexibility index (Phi) is 4.12. The standard InChI is InChI=1S/C18H25N3O2S/c1-13-14-7-11-24-15(14)6-10-20(13)12-21-16(22)18(19-17(21)23)8-4-2-3-5-9-18/h7,11,13H,2-6,8-10,12H2,1H3,(H,19,23)/t13-/m0/s1. The Balaban J connectivity index is 1.51. The molecule has 0 aromatic carbocycles. The Morgan fingerprint density at radius 1 is 1.25 bits per heavy atom. The molecule has 3 heterocycles. The average molecular weight is 347 g/mol. The van der Waals surface area contributed by atoms with Crippen molar-refractivity contribution in [2.75, 3.05) is 13.2 Å². The summed E-state index contributed by atoms with van der Waals surface area (Å²) in [6.45, 7) is 3.48.